The fraction of sp³-hybridized carbons (Fsp3) is 0.737. The number of esters is 1. The first-order valence-corrected chi connectivity index (χ1v) is 10.9. The van der Waals surface area contributed by atoms with Crippen LogP contribution in [0, 0.1) is 0 Å². The number of carbonyl (C=O) groups excluding carboxylic acids is 3. The Labute approximate surface area is 203 Å². The summed E-state index contributed by atoms with van der Waals surface area (Å²) in [6.07, 6.45) is -9.89. The maximum atomic E-state index is 12.1. The molecule has 7 unspecified atom stereocenters. The molecule has 0 radical (unpaired) electrons. The second-order valence-corrected chi connectivity index (χ2v) is 8.20. The molecule has 2 saturated heterocycles. The van der Waals surface area contributed by atoms with Gasteiger partial charge in [0.05, 0.1) is 19.6 Å². The van der Waals surface area contributed by atoms with Crippen molar-refractivity contribution >= 4 is 17.8 Å². The maximum Gasteiger partial charge on any atom is 0.308 e. The third-order valence-corrected chi connectivity index (χ3v) is 5.57. The number of ether oxygens (including phenoxy) is 4. The number of aliphatic hydroxyl groups is 5. The highest BCUT2D eigenvalue weighted by atomic mass is 16.7. The molecule has 202 valence electrons. The summed E-state index contributed by atoms with van der Waals surface area (Å²) in [6, 6.07) is -1.16. The lowest BCUT2D eigenvalue weighted by atomic mass is 9.97. The van der Waals surface area contributed by atoms with Crippen LogP contribution in [0.5, 0.6) is 0 Å². The summed E-state index contributed by atoms with van der Waals surface area (Å²) in [6.45, 7) is -0.153. The van der Waals surface area contributed by atoms with Gasteiger partial charge in [0.1, 0.15) is 55.6 Å². The lowest BCUT2D eigenvalue weighted by Crippen LogP contribution is -2.64. The van der Waals surface area contributed by atoms with E-state index in [1.165, 1.54) is 6.92 Å². The Bertz CT molecular complexity index is 930. The third-order valence-electron chi connectivity index (χ3n) is 5.57. The minimum Gasteiger partial charge on any atom is -0.463 e. The number of nitrogens with one attached hydrogen (secondary N) is 1. The van der Waals surface area contributed by atoms with Gasteiger partial charge in [-0.2, -0.15) is 0 Å². The molecule has 9 atom stereocenters. The first kappa shape index (κ1) is 27.8. The lowest BCUT2D eigenvalue weighted by molar-refractivity contribution is -0.270. The van der Waals surface area contributed by atoms with Crippen LogP contribution < -0.4 is 11.1 Å². The average molecular weight is 519 g/mol. The molecule has 2 aliphatic heterocycles. The van der Waals surface area contributed by atoms with Gasteiger partial charge in [0, 0.05) is 6.92 Å². The third kappa shape index (κ3) is 6.31. The predicted molar refractivity (Wildman–Crippen MR) is 111 cm³/mol. The standard InChI is InChI=1S/C19H29N5O12/c1-7(26)22-11-14(30)12(28)8(4-25)36-19(11)33-3-2-10(27)34-5-9-13(29)15(31)18(35-9)24-6-21-17(23-24)16(20)32/h6,8-9,11-15,18-19,25,28-31H,2-5H2,1H3,(H2,20,32)(H,22,26)/t8?,9?,11?,12?,13-,14?,15-,18?,19?/m1/s1. The largest absolute Gasteiger partial charge is 0.463 e. The molecule has 1 aromatic rings. The Morgan fingerprint density at radius 1 is 1.11 bits per heavy atom. The van der Waals surface area contributed by atoms with Crippen LogP contribution in [-0.2, 0) is 28.5 Å². The van der Waals surface area contributed by atoms with Crippen molar-refractivity contribution in [2.75, 3.05) is 19.8 Å². The van der Waals surface area contributed by atoms with Gasteiger partial charge in [-0.15, -0.1) is 5.10 Å². The van der Waals surface area contributed by atoms with Gasteiger partial charge in [0.25, 0.3) is 5.91 Å². The highest BCUT2D eigenvalue weighted by Gasteiger charge is 2.46. The number of carbonyl (C=O) groups is 3. The number of aromatic nitrogens is 3. The number of primary amides is 1. The zero-order chi connectivity index (χ0) is 26.6. The molecule has 0 saturated carbocycles. The number of hydrogen-bond donors (Lipinski definition) is 7. The average Bonchev–Trinajstić information content (AvgIpc) is 3.42. The van der Waals surface area contributed by atoms with Gasteiger partial charge >= 0.3 is 5.97 Å². The van der Waals surface area contributed by atoms with Gasteiger partial charge < -0.3 is 55.5 Å². The second kappa shape index (κ2) is 12.0. The van der Waals surface area contributed by atoms with Gasteiger partial charge in [-0.3, -0.25) is 14.4 Å². The normalized spacial score (nSPS) is 34.3. The van der Waals surface area contributed by atoms with Gasteiger partial charge in [-0.25, -0.2) is 9.67 Å². The molecular formula is C19H29N5O12. The van der Waals surface area contributed by atoms with Gasteiger partial charge in [0.2, 0.25) is 11.7 Å². The van der Waals surface area contributed by atoms with Crippen molar-refractivity contribution in [1.82, 2.24) is 20.1 Å². The highest BCUT2D eigenvalue weighted by Crippen LogP contribution is 2.29. The van der Waals surface area contributed by atoms with E-state index in [-0.39, 0.29) is 18.9 Å². The van der Waals surface area contributed by atoms with Crippen molar-refractivity contribution in [2.24, 2.45) is 5.73 Å². The summed E-state index contributed by atoms with van der Waals surface area (Å²) >= 11 is 0. The number of hydrogen-bond acceptors (Lipinski definition) is 14. The van der Waals surface area contributed by atoms with E-state index in [1.807, 2.05) is 0 Å². The van der Waals surface area contributed by atoms with Gasteiger partial charge in [-0.1, -0.05) is 0 Å². The smallest absolute Gasteiger partial charge is 0.308 e. The summed E-state index contributed by atoms with van der Waals surface area (Å²) in [5, 5.41) is 56.1. The molecule has 17 heteroatoms. The molecule has 17 nitrogen and oxygen atoms in total. The number of aliphatic hydroxyl groups excluding tert-OH is 5. The van der Waals surface area contributed by atoms with Crippen molar-refractivity contribution < 1.29 is 58.9 Å². The van der Waals surface area contributed by atoms with Crippen molar-refractivity contribution in [3.05, 3.63) is 12.2 Å². The van der Waals surface area contributed by atoms with Crippen LogP contribution in [0.3, 0.4) is 0 Å². The molecule has 8 N–H and O–H groups in total. The Balaban J connectivity index is 1.48. The Morgan fingerprint density at radius 2 is 1.81 bits per heavy atom. The Hall–Kier alpha value is -2.77. The quantitative estimate of drug-likeness (QED) is 0.143. The van der Waals surface area contributed by atoms with Crippen molar-refractivity contribution in [3.63, 3.8) is 0 Å². The zero-order valence-electron chi connectivity index (χ0n) is 19.1. The highest BCUT2D eigenvalue weighted by molar-refractivity contribution is 5.88. The second-order valence-electron chi connectivity index (χ2n) is 8.20. The van der Waals surface area contributed by atoms with Crippen LogP contribution in [-0.4, -0.2) is 127 Å². The van der Waals surface area contributed by atoms with E-state index in [1.54, 1.807) is 0 Å². The van der Waals surface area contributed by atoms with E-state index in [4.69, 9.17) is 24.7 Å². The molecule has 3 heterocycles. The molecule has 0 aromatic carbocycles. The molecule has 1 aromatic heterocycles. The van der Waals surface area contributed by atoms with Gasteiger partial charge in [-0.05, 0) is 0 Å². The SMILES string of the molecule is CC(=O)NC1C(OCCC(=O)OCC2OC(n3cnc(C(N)=O)n3)[C@H](O)[C@@H]2O)OC(CO)C(O)C1O. The number of nitrogens with zero attached hydrogens (tertiary/aromatic N) is 3. The minimum absolute atomic E-state index is 0.283. The molecule has 0 bridgehead atoms. The summed E-state index contributed by atoms with van der Waals surface area (Å²) in [4.78, 5) is 38.4. The van der Waals surface area contributed by atoms with Crippen LogP contribution in [0.1, 0.15) is 30.2 Å². The van der Waals surface area contributed by atoms with E-state index in [9.17, 15) is 39.9 Å². The number of amides is 2. The topological polar surface area (TPSA) is 258 Å². The summed E-state index contributed by atoms with van der Waals surface area (Å²) in [5.41, 5.74) is 5.08. The number of nitrogens with two attached hydrogens (primary N) is 1. The molecule has 2 fully saturated rings. The number of rotatable bonds is 10. The van der Waals surface area contributed by atoms with Crippen molar-refractivity contribution in [2.45, 2.75) is 68.5 Å². The minimum atomic E-state index is -1.50. The molecule has 3 rings (SSSR count). The van der Waals surface area contributed by atoms with E-state index < -0.39 is 86.2 Å². The van der Waals surface area contributed by atoms with Crippen LogP contribution >= 0.6 is 0 Å². The summed E-state index contributed by atoms with van der Waals surface area (Å²) < 4.78 is 22.3. The first-order chi connectivity index (χ1) is 17.0. The monoisotopic (exact) mass is 519 g/mol. The van der Waals surface area contributed by atoms with E-state index >= 15 is 0 Å². The molecule has 2 aliphatic rings. The van der Waals surface area contributed by atoms with Gasteiger partial charge in [0.15, 0.2) is 12.5 Å². The van der Waals surface area contributed by atoms with Crippen LogP contribution in [0.25, 0.3) is 0 Å². The fourth-order valence-corrected chi connectivity index (χ4v) is 3.71. The zero-order valence-corrected chi connectivity index (χ0v) is 19.1. The van der Waals surface area contributed by atoms with Crippen LogP contribution in [0.4, 0.5) is 0 Å². The molecular weight excluding hydrogens is 490 g/mol. The fourth-order valence-electron chi connectivity index (χ4n) is 3.71. The Kier molecular flexibility index (Phi) is 9.25. The maximum absolute atomic E-state index is 12.1. The summed E-state index contributed by atoms with van der Waals surface area (Å²) in [5.74, 6) is -2.51. The predicted octanol–water partition coefficient (Wildman–Crippen LogP) is -5.11. The Morgan fingerprint density at radius 3 is 2.42 bits per heavy atom. The van der Waals surface area contributed by atoms with E-state index in [2.05, 4.69) is 15.4 Å². The summed E-state index contributed by atoms with van der Waals surface area (Å²) in [7, 11) is 0. The van der Waals surface area contributed by atoms with Crippen LogP contribution in [0.2, 0.25) is 0 Å². The van der Waals surface area contributed by atoms with Crippen molar-refractivity contribution in [3.8, 4) is 0 Å². The molecule has 36 heavy (non-hydrogen) atoms. The van der Waals surface area contributed by atoms with Crippen LogP contribution in [0.15, 0.2) is 6.33 Å². The van der Waals surface area contributed by atoms with E-state index in [0.717, 1.165) is 11.0 Å². The first-order valence-electron chi connectivity index (χ1n) is 10.9. The van der Waals surface area contributed by atoms with E-state index in [0.29, 0.717) is 0 Å². The van der Waals surface area contributed by atoms with Crippen molar-refractivity contribution in [1.29, 1.82) is 0 Å². The molecule has 2 amide bonds. The molecule has 0 spiro atoms. The lowest BCUT2D eigenvalue weighted by Gasteiger charge is -2.42. The molecule has 0 aliphatic carbocycles.